The molecule has 6 aromatic rings. The van der Waals surface area contributed by atoms with E-state index in [1.165, 1.54) is 6.33 Å². The van der Waals surface area contributed by atoms with Crippen molar-refractivity contribution in [1.29, 1.82) is 0 Å². The van der Waals surface area contributed by atoms with Crippen molar-refractivity contribution in [3.8, 4) is 28.1 Å². The second-order valence-corrected chi connectivity index (χ2v) is 13.0. The van der Waals surface area contributed by atoms with E-state index < -0.39 is 11.5 Å². The summed E-state index contributed by atoms with van der Waals surface area (Å²) in [5, 5.41) is 7.45. The zero-order chi connectivity index (χ0) is 34.9. The van der Waals surface area contributed by atoms with Gasteiger partial charge in [-0.15, -0.1) is 0 Å². The lowest BCUT2D eigenvalue weighted by Gasteiger charge is -2.33. The van der Waals surface area contributed by atoms with Crippen LogP contribution in [0.15, 0.2) is 102 Å². The molecule has 3 N–H and O–H groups in total. The molecule has 4 aromatic heterocycles. The Morgan fingerprint density at radius 3 is 2.30 bits per heavy atom. The van der Waals surface area contributed by atoms with Gasteiger partial charge in [0.1, 0.15) is 17.4 Å². The van der Waals surface area contributed by atoms with Crippen LogP contribution in [0.2, 0.25) is 0 Å². The average Bonchev–Trinajstić information content (AvgIpc) is 3.53. The highest BCUT2D eigenvalue weighted by Crippen LogP contribution is 2.37. The Morgan fingerprint density at radius 2 is 1.62 bits per heavy atom. The van der Waals surface area contributed by atoms with Crippen LogP contribution in [-0.4, -0.2) is 54.0 Å². The predicted molar refractivity (Wildman–Crippen MR) is 194 cm³/mol. The molecule has 11 nitrogen and oxygen atoms in total. The molecule has 0 radical (unpaired) electrons. The van der Waals surface area contributed by atoms with E-state index >= 15 is 0 Å². The van der Waals surface area contributed by atoms with Crippen molar-refractivity contribution in [2.45, 2.75) is 39.5 Å². The molecule has 0 atom stereocenters. The van der Waals surface area contributed by atoms with E-state index in [4.69, 9.17) is 5.73 Å². The second kappa shape index (κ2) is 13.4. The minimum Gasteiger partial charge on any atom is -0.382 e. The number of nitrogens with two attached hydrogens (primary N) is 1. The van der Waals surface area contributed by atoms with Crippen LogP contribution >= 0.6 is 0 Å². The van der Waals surface area contributed by atoms with Crippen LogP contribution in [0.1, 0.15) is 54.4 Å². The van der Waals surface area contributed by atoms with E-state index in [9.17, 15) is 14.4 Å². The lowest BCUT2D eigenvalue weighted by atomic mass is 9.92. The summed E-state index contributed by atoms with van der Waals surface area (Å²) in [6.45, 7) is 7.16. The molecule has 7 rings (SSSR count). The number of nitrogens with one attached hydrogen (secondary N) is 1. The van der Waals surface area contributed by atoms with Gasteiger partial charge in [-0.05, 0) is 79.9 Å². The van der Waals surface area contributed by atoms with Crippen molar-refractivity contribution >= 4 is 28.8 Å². The van der Waals surface area contributed by atoms with E-state index in [0.29, 0.717) is 41.5 Å². The van der Waals surface area contributed by atoms with E-state index in [1.54, 1.807) is 35.0 Å². The smallest absolute Gasteiger partial charge is 0.268 e. The predicted octanol–water partition coefficient (Wildman–Crippen LogP) is 6.11. The number of amides is 2. The summed E-state index contributed by atoms with van der Waals surface area (Å²) in [5.74, 6) is 0.210. The van der Waals surface area contributed by atoms with E-state index in [2.05, 4.69) is 26.4 Å². The zero-order valence-corrected chi connectivity index (χ0v) is 28.2. The number of fused-ring (bicyclic) bond motifs is 1. The number of rotatable bonds is 7. The molecule has 252 valence electrons. The number of likely N-dealkylation sites (tertiary alicyclic amines) is 1. The summed E-state index contributed by atoms with van der Waals surface area (Å²) in [5.41, 5.74) is 12.9. The Bertz CT molecular complexity index is 2250. The SMILES string of the molecule is Cc1ccc(-c2ccc(C(=O)Nc3ccc(-c4cc(C5CCN(C(=O)C(C)C)CC5)n5ncnc(N)c45)cc3)c(=O)n2-c2ccccc2)cn1. The summed E-state index contributed by atoms with van der Waals surface area (Å²) in [6.07, 6.45) is 4.84. The third kappa shape index (κ3) is 6.13. The highest BCUT2D eigenvalue weighted by Gasteiger charge is 2.28. The van der Waals surface area contributed by atoms with Gasteiger partial charge >= 0.3 is 0 Å². The van der Waals surface area contributed by atoms with Gasteiger partial charge in [0, 0.05) is 65.0 Å². The number of carbonyl (C=O) groups excluding carboxylic acids is 2. The van der Waals surface area contributed by atoms with E-state index in [1.807, 2.05) is 84.8 Å². The van der Waals surface area contributed by atoms with Crippen molar-refractivity contribution < 1.29 is 9.59 Å². The van der Waals surface area contributed by atoms with Crippen molar-refractivity contribution in [1.82, 2.24) is 29.0 Å². The van der Waals surface area contributed by atoms with E-state index in [-0.39, 0.29) is 23.3 Å². The topological polar surface area (TPSA) is 141 Å². The monoisotopic (exact) mass is 666 g/mol. The van der Waals surface area contributed by atoms with Crippen LogP contribution in [-0.2, 0) is 4.79 Å². The molecule has 1 saturated heterocycles. The van der Waals surface area contributed by atoms with Crippen molar-refractivity contribution in [3.63, 3.8) is 0 Å². The Kier molecular flexibility index (Phi) is 8.71. The highest BCUT2D eigenvalue weighted by molar-refractivity contribution is 6.04. The molecule has 1 aliphatic rings. The number of hydrogen-bond donors (Lipinski definition) is 2. The Labute approximate surface area is 289 Å². The molecule has 0 bridgehead atoms. The van der Waals surface area contributed by atoms with Crippen molar-refractivity contribution in [3.05, 3.63) is 125 Å². The number of hydrogen-bond acceptors (Lipinski definition) is 7. The fourth-order valence-corrected chi connectivity index (χ4v) is 6.68. The third-order valence-electron chi connectivity index (χ3n) is 9.33. The van der Waals surface area contributed by atoms with Gasteiger partial charge in [-0.1, -0.05) is 44.2 Å². The number of nitrogens with zero attached hydrogens (tertiary/aromatic N) is 6. The average molecular weight is 667 g/mol. The first-order chi connectivity index (χ1) is 24.2. The molecule has 1 fully saturated rings. The van der Waals surface area contributed by atoms with Crippen LogP contribution in [0.25, 0.3) is 33.6 Å². The van der Waals surface area contributed by atoms with Crippen LogP contribution in [0.4, 0.5) is 11.5 Å². The van der Waals surface area contributed by atoms with E-state index in [0.717, 1.165) is 40.9 Å². The Morgan fingerprint density at radius 1 is 0.900 bits per heavy atom. The second-order valence-electron chi connectivity index (χ2n) is 13.0. The van der Waals surface area contributed by atoms with Gasteiger partial charge in [-0.2, -0.15) is 5.10 Å². The van der Waals surface area contributed by atoms with Crippen LogP contribution in [0.5, 0.6) is 0 Å². The Balaban J connectivity index is 1.16. The van der Waals surface area contributed by atoms with Gasteiger partial charge in [0.15, 0.2) is 5.82 Å². The molecular formula is C39H38N8O3. The van der Waals surface area contributed by atoms with Gasteiger partial charge in [0.25, 0.3) is 11.5 Å². The fourth-order valence-electron chi connectivity index (χ4n) is 6.68. The maximum Gasteiger partial charge on any atom is 0.268 e. The number of piperidine rings is 1. The number of benzene rings is 2. The standard InChI is InChI=1S/C39H38N8O3/c1-24(2)38(49)45-19-17-27(18-20-45)34-21-32(35-36(40)42-23-43-47(34)35)26-11-13-29(14-12-26)44-37(48)31-15-16-33(28-10-9-25(3)41-22-28)46(39(31)50)30-7-5-4-6-8-30/h4-16,21-24,27H,17-20H2,1-3H3,(H,44,48)(H2,40,42,43). The van der Waals surface area contributed by atoms with Gasteiger partial charge in [-0.3, -0.25) is 23.9 Å². The normalized spacial score (nSPS) is 13.6. The molecule has 0 aliphatic carbocycles. The molecule has 0 spiro atoms. The first kappa shape index (κ1) is 32.4. The lowest BCUT2D eigenvalue weighted by molar-refractivity contribution is -0.135. The number of carbonyl (C=O) groups is 2. The number of para-hydroxylation sites is 1. The quantitative estimate of drug-likeness (QED) is 0.209. The third-order valence-corrected chi connectivity index (χ3v) is 9.33. The fraction of sp³-hybridized carbons (Fsp3) is 0.231. The molecule has 11 heteroatoms. The molecule has 2 aromatic carbocycles. The van der Waals surface area contributed by atoms with Gasteiger partial charge < -0.3 is 16.0 Å². The lowest BCUT2D eigenvalue weighted by Crippen LogP contribution is -2.40. The molecule has 1 aliphatic heterocycles. The minimum atomic E-state index is -0.516. The van der Waals surface area contributed by atoms with Crippen molar-refractivity contribution in [2.75, 3.05) is 24.1 Å². The Hall–Kier alpha value is -6.10. The first-order valence-electron chi connectivity index (χ1n) is 16.8. The molecule has 5 heterocycles. The van der Waals surface area contributed by atoms with Crippen LogP contribution < -0.4 is 16.6 Å². The molecule has 0 unspecified atom stereocenters. The van der Waals surface area contributed by atoms with Crippen LogP contribution in [0.3, 0.4) is 0 Å². The number of aromatic nitrogens is 5. The molecule has 50 heavy (non-hydrogen) atoms. The summed E-state index contributed by atoms with van der Waals surface area (Å²) < 4.78 is 3.41. The van der Waals surface area contributed by atoms with Gasteiger partial charge in [-0.25, -0.2) is 9.50 Å². The summed E-state index contributed by atoms with van der Waals surface area (Å²) in [4.78, 5) is 50.7. The van der Waals surface area contributed by atoms with Gasteiger partial charge in [0.05, 0.1) is 5.69 Å². The van der Waals surface area contributed by atoms with Crippen LogP contribution in [0, 0.1) is 12.8 Å². The maximum atomic E-state index is 13.9. The number of anilines is 2. The highest BCUT2D eigenvalue weighted by atomic mass is 16.2. The minimum absolute atomic E-state index is 0.0101. The number of nitrogen functional groups attached to an aromatic ring is 1. The van der Waals surface area contributed by atoms with Gasteiger partial charge in [0.2, 0.25) is 5.91 Å². The summed E-state index contributed by atoms with van der Waals surface area (Å²) >= 11 is 0. The summed E-state index contributed by atoms with van der Waals surface area (Å²) in [6, 6.07) is 25.9. The maximum absolute atomic E-state index is 13.9. The number of aryl methyl sites for hydroxylation is 1. The number of pyridine rings is 2. The van der Waals surface area contributed by atoms with Crippen molar-refractivity contribution in [2.24, 2.45) is 5.92 Å². The largest absolute Gasteiger partial charge is 0.382 e. The first-order valence-corrected chi connectivity index (χ1v) is 16.8. The molecule has 2 amide bonds. The summed E-state index contributed by atoms with van der Waals surface area (Å²) in [7, 11) is 0. The molecular weight excluding hydrogens is 628 g/mol. The zero-order valence-electron chi connectivity index (χ0n) is 28.2. The molecule has 0 saturated carbocycles.